The van der Waals surface area contributed by atoms with Crippen LogP contribution in [0.4, 0.5) is 4.79 Å². The average molecular weight is 301 g/mol. The zero-order valence-electron chi connectivity index (χ0n) is 13.2. The molecule has 0 saturated carbocycles. The van der Waals surface area contributed by atoms with E-state index in [-0.39, 0.29) is 13.0 Å². The first-order chi connectivity index (χ1) is 9.73. The molecular weight excluding hydrogens is 274 g/mol. The van der Waals surface area contributed by atoms with Gasteiger partial charge in [0, 0.05) is 38.1 Å². The van der Waals surface area contributed by atoms with E-state index in [2.05, 4.69) is 37.9 Å². The second-order valence-corrected chi connectivity index (χ2v) is 6.05. The molecule has 2 amide bonds. The Balaban J connectivity index is 2.48. The lowest BCUT2D eigenvalue weighted by atomic mass is 10.2. The van der Waals surface area contributed by atoms with Gasteiger partial charge in [0.25, 0.3) is 0 Å². The first-order valence-electron chi connectivity index (χ1n) is 7.45. The molecule has 0 unspecified atom stereocenters. The van der Waals surface area contributed by atoms with E-state index in [0.29, 0.717) is 25.2 Å². The molecule has 1 aliphatic heterocycles. The molecule has 7 heteroatoms. The van der Waals surface area contributed by atoms with Gasteiger partial charge in [-0.25, -0.2) is 9.59 Å². The van der Waals surface area contributed by atoms with Crippen molar-refractivity contribution in [3.63, 3.8) is 0 Å². The highest BCUT2D eigenvalue weighted by atomic mass is 16.4. The van der Waals surface area contributed by atoms with Gasteiger partial charge in [0.15, 0.2) is 0 Å². The number of carbonyl (C=O) groups excluding carboxylic acids is 1. The van der Waals surface area contributed by atoms with Crippen molar-refractivity contribution in [3.8, 4) is 0 Å². The molecule has 1 fully saturated rings. The molecule has 21 heavy (non-hydrogen) atoms. The highest BCUT2D eigenvalue weighted by Gasteiger charge is 2.38. The molecule has 0 spiro atoms. The second kappa shape index (κ2) is 7.61. The number of rotatable bonds is 6. The Kier molecular flexibility index (Phi) is 6.42. The van der Waals surface area contributed by atoms with E-state index in [0.717, 1.165) is 0 Å². The first-order valence-corrected chi connectivity index (χ1v) is 7.45. The van der Waals surface area contributed by atoms with Gasteiger partial charge in [-0.3, -0.25) is 4.90 Å². The number of amides is 2. The number of urea groups is 1. The summed E-state index contributed by atoms with van der Waals surface area (Å²) in [5.41, 5.74) is 0. The van der Waals surface area contributed by atoms with E-state index >= 15 is 0 Å². The molecule has 0 aromatic rings. The molecule has 0 radical (unpaired) electrons. The van der Waals surface area contributed by atoms with E-state index in [9.17, 15) is 14.7 Å². The monoisotopic (exact) mass is 301 g/mol. The van der Waals surface area contributed by atoms with Gasteiger partial charge in [0.1, 0.15) is 6.04 Å². The molecule has 0 aromatic carbocycles. The molecule has 1 saturated heterocycles. The number of carbonyl (C=O) groups is 2. The minimum atomic E-state index is -1.08. The smallest absolute Gasteiger partial charge is 0.326 e. The number of hydrogen-bond acceptors (Lipinski definition) is 4. The predicted molar refractivity (Wildman–Crippen MR) is 79.1 cm³/mol. The number of β-amino-alcohol motifs (C(OH)–C–C–N with tert-alkyl or cyclic N) is 1. The summed E-state index contributed by atoms with van der Waals surface area (Å²) in [6, 6.07) is -0.609. The lowest BCUT2D eigenvalue weighted by Crippen LogP contribution is -2.49. The topological polar surface area (TPSA) is 93.1 Å². The fraction of sp³-hybridized carbons (Fsp3) is 0.857. The number of carboxylic acid groups (broad SMARTS) is 1. The fourth-order valence-electron chi connectivity index (χ4n) is 2.78. The zero-order chi connectivity index (χ0) is 16.2. The number of aliphatic carboxylic acids is 1. The van der Waals surface area contributed by atoms with E-state index < -0.39 is 24.1 Å². The van der Waals surface area contributed by atoms with Crippen LogP contribution in [0.15, 0.2) is 0 Å². The third-order valence-electron chi connectivity index (χ3n) is 3.80. The summed E-state index contributed by atoms with van der Waals surface area (Å²) in [5.74, 6) is -1.08. The van der Waals surface area contributed by atoms with Crippen LogP contribution >= 0.6 is 0 Å². The largest absolute Gasteiger partial charge is 0.480 e. The number of likely N-dealkylation sites (tertiary alicyclic amines) is 1. The van der Waals surface area contributed by atoms with Crippen molar-refractivity contribution in [2.45, 2.75) is 58.3 Å². The van der Waals surface area contributed by atoms with E-state index in [1.54, 1.807) is 0 Å². The van der Waals surface area contributed by atoms with Crippen molar-refractivity contribution in [3.05, 3.63) is 0 Å². The molecule has 0 aromatic heterocycles. The van der Waals surface area contributed by atoms with Crippen LogP contribution < -0.4 is 5.32 Å². The van der Waals surface area contributed by atoms with E-state index in [4.69, 9.17) is 5.11 Å². The van der Waals surface area contributed by atoms with Crippen LogP contribution in [0.1, 0.15) is 34.1 Å². The quantitative estimate of drug-likeness (QED) is 0.657. The molecular formula is C14H27N3O4. The standard InChI is InChI=1S/C14H27N3O4/c1-9(2)16(10(3)4)6-5-15-14(21)17-8-11(18)7-12(17)13(19)20/h9-12,18H,5-8H2,1-4H3,(H,15,21)(H,19,20)/t11-,12-/m1/s1. The van der Waals surface area contributed by atoms with E-state index in [1.165, 1.54) is 4.90 Å². The predicted octanol–water partition coefficient (Wildman–Crippen LogP) is 0.335. The number of carboxylic acids is 1. The van der Waals surface area contributed by atoms with Crippen molar-refractivity contribution in [1.82, 2.24) is 15.1 Å². The maximum Gasteiger partial charge on any atom is 0.326 e. The maximum atomic E-state index is 12.0. The summed E-state index contributed by atoms with van der Waals surface area (Å²) in [6.45, 7) is 9.61. The Morgan fingerprint density at radius 1 is 1.29 bits per heavy atom. The summed E-state index contributed by atoms with van der Waals surface area (Å²) in [4.78, 5) is 26.6. The van der Waals surface area contributed by atoms with Crippen LogP contribution in [0.3, 0.4) is 0 Å². The van der Waals surface area contributed by atoms with Gasteiger partial charge in [-0.2, -0.15) is 0 Å². The molecule has 1 rings (SSSR count). The minimum absolute atomic E-state index is 0.0703. The highest BCUT2D eigenvalue weighted by Crippen LogP contribution is 2.18. The Bertz CT molecular complexity index is 365. The maximum absolute atomic E-state index is 12.0. The molecule has 0 bridgehead atoms. The third kappa shape index (κ3) is 4.86. The van der Waals surface area contributed by atoms with Crippen LogP contribution in [0.2, 0.25) is 0 Å². The van der Waals surface area contributed by atoms with Crippen LogP contribution in [-0.4, -0.2) is 75.9 Å². The number of hydrogen-bond donors (Lipinski definition) is 3. The van der Waals surface area contributed by atoms with Gasteiger partial charge in [-0.05, 0) is 27.7 Å². The summed E-state index contributed by atoms with van der Waals surface area (Å²) >= 11 is 0. The number of aliphatic hydroxyl groups excluding tert-OH is 1. The second-order valence-electron chi connectivity index (χ2n) is 6.05. The Labute approximate surface area is 125 Å². The lowest BCUT2D eigenvalue weighted by molar-refractivity contribution is -0.141. The van der Waals surface area contributed by atoms with Crippen LogP contribution in [-0.2, 0) is 4.79 Å². The van der Waals surface area contributed by atoms with Crippen LogP contribution in [0, 0.1) is 0 Å². The lowest BCUT2D eigenvalue weighted by Gasteiger charge is -2.31. The van der Waals surface area contributed by atoms with Gasteiger partial charge in [0.2, 0.25) is 0 Å². The Morgan fingerprint density at radius 3 is 2.33 bits per heavy atom. The Hall–Kier alpha value is -1.34. The minimum Gasteiger partial charge on any atom is -0.480 e. The van der Waals surface area contributed by atoms with Crippen molar-refractivity contribution >= 4 is 12.0 Å². The molecule has 1 heterocycles. The molecule has 2 atom stereocenters. The molecule has 7 nitrogen and oxygen atoms in total. The van der Waals surface area contributed by atoms with Crippen molar-refractivity contribution < 1.29 is 19.8 Å². The number of aliphatic hydroxyl groups is 1. The SMILES string of the molecule is CC(C)N(CCNC(=O)N1C[C@H](O)C[C@@H]1C(=O)O)C(C)C. The van der Waals surface area contributed by atoms with Crippen LogP contribution in [0.5, 0.6) is 0 Å². The average Bonchev–Trinajstić information content (AvgIpc) is 2.75. The van der Waals surface area contributed by atoms with Gasteiger partial charge in [-0.15, -0.1) is 0 Å². The van der Waals surface area contributed by atoms with Gasteiger partial charge in [-0.1, -0.05) is 0 Å². The number of nitrogens with zero attached hydrogens (tertiary/aromatic N) is 2. The van der Waals surface area contributed by atoms with Crippen molar-refractivity contribution in [2.75, 3.05) is 19.6 Å². The van der Waals surface area contributed by atoms with Crippen molar-refractivity contribution in [2.24, 2.45) is 0 Å². The number of nitrogens with one attached hydrogen (secondary N) is 1. The summed E-state index contributed by atoms with van der Waals surface area (Å²) < 4.78 is 0. The Morgan fingerprint density at radius 2 is 1.86 bits per heavy atom. The molecule has 0 aliphatic carbocycles. The zero-order valence-corrected chi connectivity index (χ0v) is 13.2. The summed E-state index contributed by atoms with van der Waals surface area (Å²) in [7, 11) is 0. The van der Waals surface area contributed by atoms with Gasteiger partial charge >= 0.3 is 12.0 Å². The third-order valence-corrected chi connectivity index (χ3v) is 3.80. The summed E-state index contributed by atoms with van der Waals surface area (Å²) in [6.07, 6.45) is -0.674. The van der Waals surface area contributed by atoms with E-state index in [1.807, 2.05) is 0 Å². The normalized spacial score (nSPS) is 22.4. The fourth-order valence-corrected chi connectivity index (χ4v) is 2.78. The van der Waals surface area contributed by atoms with Crippen LogP contribution in [0.25, 0.3) is 0 Å². The van der Waals surface area contributed by atoms with Crippen molar-refractivity contribution in [1.29, 1.82) is 0 Å². The molecule has 3 N–H and O–H groups in total. The van der Waals surface area contributed by atoms with Gasteiger partial charge < -0.3 is 20.4 Å². The summed E-state index contributed by atoms with van der Waals surface area (Å²) in [5, 5.41) is 21.3. The molecule has 122 valence electrons. The molecule has 1 aliphatic rings. The first kappa shape index (κ1) is 17.7. The van der Waals surface area contributed by atoms with Gasteiger partial charge in [0.05, 0.1) is 6.10 Å². The highest BCUT2D eigenvalue weighted by molar-refractivity contribution is 5.83.